The highest BCUT2D eigenvalue weighted by Crippen LogP contribution is 2.41. The summed E-state index contributed by atoms with van der Waals surface area (Å²) in [7, 11) is 4.48. The first kappa shape index (κ1) is 114. The lowest BCUT2D eigenvalue weighted by Gasteiger charge is -2.33. The van der Waals surface area contributed by atoms with Crippen molar-refractivity contribution in [2.45, 2.75) is 276 Å². The number of unbranched alkanes of at least 4 members (excludes halogenated alkanes) is 26. The van der Waals surface area contributed by atoms with Gasteiger partial charge in [-0.3, -0.25) is 28.8 Å². The minimum absolute atomic E-state index is 0.0343. The SMILES string of the molecule is CCCCCCCCCCCCCCCCOCC(C[N+](C)(C)CCCNC(=O)CCC(=O)NCCOCCOCCOCCOCCOCCOCCOCCOCCOCCOCCOCCOCCC(=O)NCCC1(C(=O)N[C@H](CC(=O)O)Cc2ccc(NC(=O)c3c(Cl)cccc3Cl)cc2)CCCC1)OCCCCCCCCCCCCCCCC. The summed E-state index contributed by atoms with van der Waals surface area (Å²) < 4.78 is 80.5. The zero-order valence-corrected chi connectivity index (χ0v) is 79.2. The molecule has 1 fully saturated rings. The number of ether oxygens (including phenoxy) is 14. The van der Waals surface area contributed by atoms with Crippen LogP contribution in [0.3, 0.4) is 0 Å². The highest BCUT2D eigenvalue weighted by atomic mass is 35.5. The number of carboxylic acid groups (broad SMARTS) is 1. The molecule has 0 bridgehead atoms. The van der Waals surface area contributed by atoms with E-state index < -0.39 is 23.3 Å². The number of carbonyl (C=O) groups is 6. The number of amides is 5. The fourth-order valence-electron chi connectivity index (χ4n) is 14.9. The highest BCUT2D eigenvalue weighted by molar-refractivity contribution is 6.40. The second kappa shape index (κ2) is 81.2. The lowest BCUT2D eigenvalue weighted by Crippen LogP contribution is -2.48. The Bertz CT molecular complexity index is 2910. The van der Waals surface area contributed by atoms with E-state index >= 15 is 0 Å². The number of likely N-dealkylation sites (N-methyl/N-ethyl adjacent to an activating group) is 1. The van der Waals surface area contributed by atoms with Crippen LogP contribution in [0.15, 0.2) is 42.5 Å². The number of anilines is 1. The van der Waals surface area contributed by atoms with Gasteiger partial charge in [0, 0.05) is 70.3 Å². The predicted molar refractivity (Wildman–Crippen MR) is 495 cm³/mol. The number of nitrogens with zero attached hydrogens (tertiary/aromatic N) is 1. The molecule has 125 heavy (non-hydrogen) atoms. The van der Waals surface area contributed by atoms with E-state index in [0.717, 1.165) is 68.5 Å². The molecule has 0 aliphatic heterocycles. The number of hydrogen-bond acceptors (Lipinski definition) is 20. The summed E-state index contributed by atoms with van der Waals surface area (Å²) in [6.07, 6.45) is 42.3. The molecule has 5 amide bonds. The Morgan fingerprint density at radius 1 is 0.408 bits per heavy atom. The second-order valence-electron chi connectivity index (χ2n) is 33.6. The van der Waals surface area contributed by atoms with Crippen LogP contribution in [0.5, 0.6) is 0 Å². The third kappa shape index (κ3) is 67.1. The van der Waals surface area contributed by atoms with Crippen LogP contribution >= 0.6 is 23.2 Å². The van der Waals surface area contributed by atoms with Crippen molar-refractivity contribution in [3.63, 3.8) is 0 Å². The van der Waals surface area contributed by atoms with Gasteiger partial charge in [-0.1, -0.05) is 235 Å². The third-order valence-corrected chi connectivity index (χ3v) is 22.7. The van der Waals surface area contributed by atoms with Crippen LogP contribution in [0.25, 0.3) is 0 Å². The van der Waals surface area contributed by atoms with Crippen LogP contribution in [0, 0.1) is 5.41 Å². The number of nitrogens with one attached hydrogen (secondary N) is 5. The smallest absolute Gasteiger partial charge is 0.305 e. The van der Waals surface area contributed by atoms with E-state index in [2.05, 4.69) is 54.5 Å². The molecule has 3 rings (SSSR count). The fraction of sp³-hybridized carbons (Fsp3) is 0.812. The Morgan fingerprint density at radius 2 is 0.768 bits per heavy atom. The molecule has 722 valence electrons. The number of benzene rings is 2. The highest BCUT2D eigenvalue weighted by Gasteiger charge is 2.41. The van der Waals surface area contributed by atoms with Gasteiger partial charge in [0.25, 0.3) is 5.91 Å². The summed E-state index contributed by atoms with van der Waals surface area (Å²) in [5, 5.41) is 24.7. The van der Waals surface area contributed by atoms with Crippen LogP contribution < -0.4 is 26.6 Å². The molecule has 1 aliphatic rings. The molecular weight excluding hydrogens is 1640 g/mol. The Morgan fingerprint density at radius 3 is 1.18 bits per heavy atom. The zero-order valence-electron chi connectivity index (χ0n) is 77.7. The molecule has 0 radical (unpaired) electrons. The summed E-state index contributed by atoms with van der Waals surface area (Å²) in [5.74, 6) is -2.21. The van der Waals surface area contributed by atoms with E-state index in [1.54, 1.807) is 42.5 Å². The van der Waals surface area contributed by atoms with Gasteiger partial charge in [-0.05, 0) is 68.4 Å². The summed E-state index contributed by atoms with van der Waals surface area (Å²) in [6, 6.07) is 11.0. The Labute approximate surface area is 762 Å². The Kier molecular flexibility index (Phi) is 74.4. The molecule has 6 N–H and O–H groups in total. The molecule has 1 unspecified atom stereocenters. The Balaban J connectivity index is 1.03. The van der Waals surface area contributed by atoms with Gasteiger partial charge in [-0.25, -0.2) is 0 Å². The molecule has 1 aliphatic carbocycles. The van der Waals surface area contributed by atoms with Gasteiger partial charge in [-0.15, -0.1) is 0 Å². The lowest BCUT2D eigenvalue weighted by atomic mass is 9.81. The van der Waals surface area contributed by atoms with Gasteiger partial charge in [-0.2, -0.15) is 0 Å². The van der Waals surface area contributed by atoms with Crippen molar-refractivity contribution in [2.75, 3.05) is 231 Å². The molecular formula is C96H169Cl2N6O21+. The summed E-state index contributed by atoms with van der Waals surface area (Å²) in [6.45, 7) is 19.6. The molecule has 0 saturated heterocycles. The van der Waals surface area contributed by atoms with Gasteiger partial charge in [0.15, 0.2) is 0 Å². The first-order valence-electron chi connectivity index (χ1n) is 48.2. The quantitative estimate of drug-likeness (QED) is 0.0265. The van der Waals surface area contributed by atoms with Gasteiger partial charge >= 0.3 is 5.97 Å². The fourth-order valence-corrected chi connectivity index (χ4v) is 15.4. The standard InChI is InChI=1S/C96H168Cl2N6O21/c1-5-7-9-11-13-15-17-19-21-23-25-27-29-33-53-124-82-86(125-54-34-30-28-26-24-22-20-18-16-14-12-10-8-6-2)81-104(3,4)52-36-49-99-89(105)43-44-90(106)101-51-56-113-58-60-115-62-64-117-66-68-119-70-72-121-74-76-123-78-77-122-75-73-120-71-69-118-67-65-116-63-61-114-59-57-112-55-45-91(107)100-50-48-96(46-31-32-47-96)95(111)103-85(80-92(108)109)79-83-39-41-84(42-40-83)102-94(110)93-87(97)37-35-38-88(93)98/h35,37-42,85-86H,5-34,36,43-82H2,1-4H3,(H5-,99,100,101,102,103,105,106,107,108,109,110,111)/p+1/t85-,86?/m0/s1. The molecule has 2 aromatic rings. The number of halogens is 2. The first-order valence-corrected chi connectivity index (χ1v) is 48.9. The third-order valence-electron chi connectivity index (χ3n) is 22.1. The van der Waals surface area contributed by atoms with Gasteiger partial charge in [0.2, 0.25) is 23.6 Å². The van der Waals surface area contributed by atoms with Crippen molar-refractivity contribution in [1.29, 1.82) is 0 Å². The van der Waals surface area contributed by atoms with Crippen LogP contribution in [-0.4, -0.2) is 282 Å². The average molecular weight is 1810 g/mol. The van der Waals surface area contributed by atoms with Gasteiger partial charge in [0.1, 0.15) is 12.6 Å². The van der Waals surface area contributed by atoms with E-state index in [9.17, 15) is 33.9 Å². The van der Waals surface area contributed by atoms with E-state index in [0.29, 0.717) is 203 Å². The minimum atomic E-state index is -1.04. The van der Waals surface area contributed by atoms with E-state index in [4.69, 9.17) is 89.5 Å². The van der Waals surface area contributed by atoms with Crippen molar-refractivity contribution in [2.24, 2.45) is 5.41 Å². The maximum Gasteiger partial charge on any atom is 0.305 e. The van der Waals surface area contributed by atoms with E-state index in [-0.39, 0.29) is 84.1 Å². The van der Waals surface area contributed by atoms with E-state index in [1.165, 1.54) is 167 Å². The molecule has 29 heteroatoms. The molecule has 2 aromatic carbocycles. The molecule has 1 saturated carbocycles. The summed E-state index contributed by atoms with van der Waals surface area (Å²) >= 11 is 12.4. The number of hydrogen-bond donors (Lipinski definition) is 6. The number of rotatable bonds is 92. The topological polar surface area (TPSA) is 312 Å². The number of aliphatic carboxylic acids is 1. The van der Waals surface area contributed by atoms with E-state index in [1.807, 2.05) is 0 Å². The minimum Gasteiger partial charge on any atom is -0.481 e. The molecule has 0 spiro atoms. The molecule has 0 aromatic heterocycles. The molecule has 0 heterocycles. The molecule has 27 nitrogen and oxygen atoms in total. The number of carboxylic acids is 1. The normalized spacial score (nSPS) is 13.2. The van der Waals surface area contributed by atoms with Crippen LogP contribution in [0.4, 0.5) is 5.69 Å². The van der Waals surface area contributed by atoms with Crippen LogP contribution in [0.1, 0.15) is 274 Å². The predicted octanol–water partition coefficient (Wildman–Crippen LogP) is 16.2. The van der Waals surface area contributed by atoms with Gasteiger partial charge < -0.3 is 102 Å². The maximum absolute atomic E-state index is 13.8. The second-order valence-corrected chi connectivity index (χ2v) is 34.4. The monoisotopic (exact) mass is 1810 g/mol. The zero-order chi connectivity index (χ0) is 90.1. The number of carbonyl (C=O) groups excluding carboxylic acids is 5. The Hall–Kier alpha value is -4.76. The van der Waals surface area contributed by atoms with Crippen LogP contribution in [0.2, 0.25) is 10.0 Å². The molecule has 2 atom stereocenters. The van der Waals surface area contributed by atoms with Crippen molar-refractivity contribution in [3.8, 4) is 0 Å². The first-order chi connectivity index (χ1) is 61.1. The van der Waals surface area contributed by atoms with Crippen LogP contribution in [-0.2, 0) is 96.7 Å². The number of quaternary nitrogens is 1. The summed E-state index contributed by atoms with van der Waals surface area (Å²) in [5.41, 5.74) is 0.705. The van der Waals surface area contributed by atoms with Crippen molar-refractivity contribution in [1.82, 2.24) is 21.3 Å². The maximum atomic E-state index is 13.8. The van der Waals surface area contributed by atoms with Crippen molar-refractivity contribution in [3.05, 3.63) is 63.6 Å². The van der Waals surface area contributed by atoms with Crippen molar-refractivity contribution >= 4 is 64.4 Å². The van der Waals surface area contributed by atoms with Crippen molar-refractivity contribution < 1.29 is 105 Å². The lowest BCUT2D eigenvalue weighted by molar-refractivity contribution is -0.893. The summed E-state index contributed by atoms with van der Waals surface area (Å²) in [4.78, 5) is 76.4. The largest absolute Gasteiger partial charge is 0.481 e. The van der Waals surface area contributed by atoms with Gasteiger partial charge in [0.05, 0.1) is 213 Å². The average Bonchev–Trinajstić information content (AvgIpc) is 1.77.